The summed E-state index contributed by atoms with van der Waals surface area (Å²) in [7, 11) is 0. The zero-order valence-electron chi connectivity index (χ0n) is 12.3. The molecule has 0 fully saturated rings. The Labute approximate surface area is 133 Å². The Bertz CT molecular complexity index is 110. The summed E-state index contributed by atoms with van der Waals surface area (Å²) in [6.07, 6.45) is 0. The van der Waals surface area contributed by atoms with Crippen molar-refractivity contribution in [3.63, 3.8) is 0 Å². The molecule has 3 N–H and O–H groups in total. The zero-order chi connectivity index (χ0) is 15.0. The first-order valence-electron chi connectivity index (χ1n) is 5.31. The Hall–Kier alpha value is -0.760. The van der Waals surface area contributed by atoms with Crippen molar-refractivity contribution in [3.05, 3.63) is 0 Å². The molecule has 4 nitrogen and oxygen atoms in total. The van der Waals surface area contributed by atoms with Gasteiger partial charge in [-0.15, -0.1) is 0 Å². The number of alkyl halides is 1. The van der Waals surface area contributed by atoms with E-state index in [2.05, 4.69) is 21.1 Å². The minimum absolute atomic E-state index is 0. The molecular weight excluding hydrogens is 306 g/mol. The van der Waals surface area contributed by atoms with Crippen LogP contribution >= 0.6 is 15.9 Å². The van der Waals surface area contributed by atoms with E-state index in [0.717, 1.165) is 0 Å². The molecule has 0 bridgehead atoms. The summed E-state index contributed by atoms with van der Waals surface area (Å²) in [6, 6.07) is 1.75. The third kappa shape index (κ3) is 2600. The average molecular weight is 348 g/mol. The fourth-order valence-electron chi connectivity index (χ4n) is 0. The van der Waals surface area contributed by atoms with E-state index in [9.17, 15) is 0 Å². The number of oxime groups is 1. The maximum absolute atomic E-state index is 7.61. The minimum atomic E-state index is 0. The van der Waals surface area contributed by atoms with E-state index in [-0.39, 0.29) is 28.1 Å². The summed E-state index contributed by atoms with van der Waals surface area (Å²) in [5, 5.41) is 17.5. The highest BCUT2D eigenvalue weighted by Crippen LogP contribution is 1.51. The van der Waals surface area contributed by atoms with Crippen molar-refractivity contribution < 1.29 is 5.21 Å². The molecule has 0 heterocycles. The maximum atomic E-state index is 7.61. The number of nitriles is 1. The van der Waals surface area contributed by atoms with Gasteiger partial charge in [0.25, 0.3) is 0 Å². The van der Waals surface area contributed by atoms with E-state index in [1.54, 1.807) is 6.07 Å². The Morgan fingerprint density at radius 2 is 1.05 bits per heavy atom. The molecule has 0 aromatic rings. The zero-order valence-corrected chi connectivity index (χ0v) is 13.9. The molecule has 0 radical (unpaired) electrons. The molecule has 0 aromatic heterocycles. The Kier molecular flexibility index (Phi) is 845. The number of hydrogen-bond acceptors (Lipinski definition) is 3. The van der Waals surface area contributed by atoms with Crippen LogP contribution in [0, 0.1) is 11.3 Å². The van der Waals surface area contributed by atoms with Gasteiger partial charge in [-0.05, 0) is 12.8 Å². The molecule has 126 valence electrons. The van der Waals surface area contributed by atoms with Crippen molar-refractivity contribution in [2.75, 3.05) is 5.83 Å². The summed E-state index contributed by atoms with van der Waals surface area (Å²) >= 11 is 2.94. The highest BCUT2D eigenvalue weighted by atomic mass is 79.9. The van der Waals surface area contributed by atoms with Gasteiger partial charge in [0.05, 0.1) is 6.07 Å². The first-order valence-corrected chi connectivity index (χ1v) is 6.90. The van der Waals surface area contributed by atoms with Gasteiger partial charge in [0, 0.05) is 6.92 Å². The van der Waals surface area contributed by atoms with E-state index in [1.807, 2.05) is 47.4 Å². The predicted octanol–water partition coefficient (Wildman–Crippen LogP) is 6.28. The molecule has 0 saturated carbocycles. The third-order valence-corrected chi connectivity index (χ3v) is 0.158. The SMILES string of the molecule is C.C.C.C/C(N)=N/O.CBr.CC.CC.CC.CC#N. The fraction of sp³-hybridized carbons (Fsp3) is 0.857. The standard InChI is InChI=1S/C2H6N2O.C2H3N.3C2H6.CH3Br.3CH4/c1-2(3)4-5;1-2-3;4*1-2;;;/h5H,1H3,(H2,3,4);1H3;3*1-2H3;1H3;3*1H4. The van der Waals surface area contributed by atoms with Crippen LogP contribution in [-0.4, -0.2) is 16.9 Å². The topological polar surface area (TPSA) is 82.4 Å². The van der Waals surface area contributed by atoms with Gasteiger partial charge in [-0.3, -0.25) is 0 Å². The molecule has 0 aliphatic rings. The van der Waals surface area contributed by atoms with Crippen LogP contribution in [0.5, 0.6) is 0 Å². The van der Waals surface area contributed by atoms with Crippen LogP contribution in [0.3, 0.4) is 0 Å². The van der Waals surface area contributed by atoms with Gasteiger partial charge in [0.1, 0.15) is 5.84 Å². The molecule has 0 aliphatic carbocycles. The van der Waals surface area contributed by atoms with Crippen molar-refractivity contribution in [2.45, 2.75) is 77.7 Å². The lowest BCUT2D eigenvalue weighted by molar-refractivity contribution is 0.318. The second-order valence-corrected chi connectivity index (χ2v) is 0.965. The fourth-order valence-corrected chi connectivity index (χ4v) is 0. The van der Waals surface area contributed by atoms with Gasteiger partial charge in [0.2, 0.25) is 0 Å². The first-order chi connectivity index (χ1) is 7.68. The predicted molar refractivity (Wildman–Crippen MR) is 99.5 cm³/mol. The van der Waals surface area contributed by atoms with Gasteiger partial charge in [0.15, 0.2) is 0 Å². The largest absolute Gasteiger partial charge is 0.409 e. The average Bonchev–Trinajstić information content (AvgIpc) is 2.40. The van der Waals surface area contributed by atoms with Gasteiger partial charge in [-0.1, -0.05) is 84.9 Å². The molecule has 5 heteroatoms. The monoisotopic (exact) mass is 347 g/mol. The van der Waals surface area contributed by atoms with Gasteiger partial charge in [-0.25, -0.2) is 0 Å². The highest BCUT2D eigenvalue weighted by molar-refractivity contribution is 9.08. The molecule has 19 heavy (non-hydrogen) atoms. The Morgan fingerprint density at radius 1 is 1.00 bits per heavy atom. The van der Waals surface area contributed by atoms with Crippen LogP contribution in [0.25, 0.3) is 0 Å². The summed E-state index contributed by atoms with van der Waals surface area (Å²) in [4.78, 5) is 0. The van der Waals surface area contributed by atoms with Crippen LogP contribution in [0.15, 0.2) is 5.16 Å². The van der Waals surface area contributed by atoms with E-state index in [0.29, 0.717) is 0 Å². The summed E-state index contributed by atoms with van der Waals surface area (Å²) in [5.41, 5.74) is 4.79. The molecule has 0 saturated heterocycles. The molecule has 0 aromatic carbocycles. The van der Waals surface area contributed by atoms with Crippen LogP contribution in [0.1, 0.15) is 77.7 Å². The highest BCUT2D eigenvalue weighted by Gasteiger charge is 1.64. The maximum Gasteiger partial charge on any atom is 0.135 e. The molecule has 0 atom stereocenters. The number of halogens is 1. The lowest BCUT2D eigenvalue weighted by Crippen LogP contribution is -2.03. The van der Waals surface area contributed by atoms with Gasteiger partial charge in [-0.2, -0.15) is 5.26 Å². The first kappa shape index (κ1) is 63.5. The number of hydrogen-bond donors (Lipinski definition) is 2. The number of rotatable bonds is 0. The minimum Gasteiger partial charge on any atom is -0.409 e. The number of amidine groups is 1. The van der Waals surface area contributed by atoms with Crippen molar-refractivity contribution >= 4 is 21.8 Å². The normalized spacial score (nSPS) is 4.79. The lowest BCUT2D eigenvalue weighted by atomic mass is 10.7. The van der Waals surface area contributed by atoms with Crippen molar-refractivity contribution in [2.24, 2.45) is 10.9 Å². The quantitative estimate of drug-likeness (QED) is 0.178. The van der Waals surface area contributed by atoms with Crippen LogP contribution in [0.4, 0.5) is 0 Å². The van der Waals surface area contributed by atoms with Crippen LogP contribution < -0.4 is 5.73 Å². The van der Waals surface area contributed by atoms with Gasteiger partial charge >= 0.3 is 0 Å². The molecule has 0 spiro atoms. The van der Waals surface area contributed by atoms with Gasteiger partial charge < -0.3 is 10.9 Å². The number of nitrogens with zero attached hydrogens (tertiary/aromatic N) is 2. The van der Waals surface area contributed by atoms with E-state index in [1.165, 1.54) is 13.8 Å². The molecule has 0 rings (SSSR count). The van der Waals surface area contributed by atoms with E-state index < -0.39 is 0 Å². The van der Waals surface area contributed by atoms with E-state index >= 15 is 0 Å². The molecular formula is C14H42BrN3O. The summed E-state index contributed by atoms with van der Waals surface area (Å²) < 4.78 is 0. The summed E-state index contributed by atoms with van der Waals surface area (Å²) in [5.74, 6) is 2.00. The summed E-state index contributed by atoms with van der Waals surface area (Å²) in [6.45, 7) is 14.9. The number of nitrogens with two attached hydrogens (primary N) is 1. The van der Waals surface area contributed by atoms with E-state index in [4.69, 9.17) is 16.2 Å². The Balaban J connectivity index is -0.00000000923. The smallest absolute Gasteiger partial charge is 0.135 e. The molecule has 0 aliphatic heterocycles. The van der Waals surface area contributed by atoms with Crippen molar-refractivity contribution in [1.29, 1.82) is 5.26 Å². The second-order valence-electron chi connectivity index (χ2n) is 0.965. The van der Waals surface area contributed by atoms with Crippen LogP contribution in [0.2, 0.25) is 0 Å². The van der Waals surface area contributed by atoms with Crippen molar-refractivity contribution in [1.82, 2.24) is 0 Å². The van der Waals surface area contributed by atoms with Crippen molar-refractivity contribution in [3.8, 4) is 6.07 Å². The molecule has 0 unspecified atom stereocenters. The third-order valence-electron chi connectivity index (χ3n) is 0.158. The Morgan fingerprint density at radius 3 is 1.05 bits per heavy atom. The molecule has 0 amide bonds. The van der Waals surface area contributed by atoms with Crippen LogP contribution in [-0.2, 0) is 0 Å². The lowest BCUT2D eigenvalue weighted by Gasteiger charge is -1.73. The second kappa shape index (κ2) is 253.